The summed E-state index contributed by atoms with van der Waals surface area (Å²) in [5, 5.41) is 3.08. The van der Waals surface area contributed by atoms with E-state index in [2.05, 4.69) is 5.32 Å². The smallest absolute Gasteiger partial charge is 0.378 e. The summed E-state index contributed by atoms with van der Waals surface area (Å²) in [6, 6.07) is 3.76. The summed E-state index contributed by atoms with van der Waals surface area (Å²) in [5.74, 6) is -0.109. The lowest BCUT2D eigenvalue weighted by Gasteiger charge is -2.34. The van der Waals surface area contributed by atoms with Crippen molar-refractivity contribution in [2.75, 3.05) is 26.3 Å². The van der Waals surface area contributed by atoms with Crippen molar-refractivity contribution in [3.63, 3.8) is 0 Å². The van der Waals surface area contributed by atoms with Crippen LogP contribution in [-0.4, -0.2) is 43.2 Å². The van der Waals surface area contributed by atoms with Gasteiger partial charge in [-0.05, 0) is 23.6 Å². The quantitative estimate of drug-likeness (QED) is 0.856. The van der Waals surface area contributed by atoms with Gasteiger partial charge in [0.1, 0.15) is 6.04 Å². The number of nitrogens with zero attached hydrogens (tertiary/aromatic N) is 1. The van der Waals surface area contributed by atoms with Crippen molar-refractivity contribution >= 4 is 5.91 Å². The standard InChI is InChI=1S/C15H17F3N2O2/c16-15(17,18)12-3-1-2-10-8-20(6-4-11(10)12)14(21)13-9-22-7-5-19-13/h1-3,13,19H,4-9H2/t13-/m1/s1. The van der Waals surface area contributed by atoms with Crippen LogP contribution < -0.4 is 5.32 Å². The predicted molar refractivity (Wildman–Crippen MR) is 73.2 cm³/mol. The SMILES string of the molecule is O=C([C@H]1COCCN1)N1CCc2c(cccc2C(F)(F)F)C1. The third-order valence-electron chi connectivity index (χ3n) is 4.10. The van der Waals surface area contributed by atoms with Crippen molar-refractivity contribution in [1.29, 1.82) is 0 Å². The maximum Gasteiger partial charge on any atom is 0.416 e. The average Bonchev–Trinajstić information content (AvgIpc) is 2.53. The van der Waals surface area contributed by atoms with E-state index in [0.717, 1.165) is 6.07 Å². The van der Waals surface area contributed by atoms with Crippen molar-refractivity contribution < 1.29 is 22.7 Å². The maximum atomic E-state index is 13.0. The number of carbonyl (C=O) groups is 1. The van der Waals surface area contributed by atoms with Gasteiger partial charge in [0.2, 0.25) is 5.91 Å². The number of amides is 1. The molecule has 3 rings (SSSR count). The zero-order valence-electron chi connectivity index (χ0n) is 11.9. The Morgan fingerprint density at radius 3 is 2.86 bits per heavy atom. The second kappa shape index (κ2) is 5.89. The number of rotatable bonds is 1. The van der Waals surface area contributed by atoms with Gasteiger partial charge in [0.15, 0.2) is 0 Å². The third-order valence-corrected chi connectivity index (χ3v) is 4.10. The van der Waals surface area contributed by atoms with Crippen LogP contribution in [0.3, 0.4) is 0 Å². The molecule has 0 unspecified atom stereocenters. The molecule has 1 N–H and O–H groups in total. The topological polar surface area (TPSA) is 41.6 Å². The monoisotopic (exact) mass is 314 g/mol. The molecule has 0 bridgehead atoms. The molecule has 0 aliphatic carbocycles. The Hall–Kier alpha value is -1.60. The molecule has 0 spiro atoms. The fourth-order valence-electron chi connectivity index (χ4n) is 3.01. The molecule has 0 aromatic heterocycles. The van der Waals surface area contributed by atoms with Gasteiger partial charge in [-0.25, -0.2) is 0 Å². The van der Waals surface area contributed by atoms with E-state index in [-0.39, 0.29) is 18.9 Å². The molecule has 7 heteroatoms. The number of benzene rings is 1. The van der Waals surface area contributed by atoms with Crippen molar-refractivity contribution in [2.24, 2.45) is 0 Å². The Morgan fingerprint density at radius 2 is 2.18 bits per heavy atom. The zero-order chi connectivity index (χ0) is 15.7. The van der Waals surface area contributed by atoms with Gasteiger partial charge in [0, 0.05) is 19.6 Å². The minimum Gasteiger partial charge on any atom is -0.378 e. The van der Waals surface area contributed by atoms with Gasteiger partial charge in [-0.1, -0.05) is 12.1 Å². The molecule has 1 saturated heterocycles. The van der Waals surface area contributed by atoms with E-state index < -0.39 is 17.8 Å². The number of nitrogens with one attached hydrogen (secondary N) is 1. The fraction of sp³-hybridized carbons (Fsp3) is 0.533. The molecule has 1 fully saturated rings. The number of hydrogen-bond donors (Lipinski definition) is 1. The first-order valence-electron chi connectivity index (χ1n) is 7.24. The molecule has 4 nitrogen and oxygen atoms in total. The Bertz CT molecular complexity index is 568. The molecule has 2 aliphatic rings. The van der Waals surface area contributed by atoms with E-state index in [1.165, 1.54) is 6.07 Å². The van der Waals surface area contributed by atoms with Crippen molar-refractivity contribution in [1.82, 2.24) is 10.2 Å². The average molecular weight is 314 g/mol. The van der Waals surface area contributed by atoms with Crippen LogP contribution in [0.25, 0.3) is 0 Å². The van der Waals surface area contributed by atoms with E-state index in [1.54, 1.807) is 11.0 Å². The summed E-state index contributed by atoms with van der Waals surface area (Å²) >= 11 is 0. The molecule has 1 aromatic rings. The predicted octanol–water partition coefficient (Wildman–Crippen LogP) is 1.58. The van der Waals surface area contributed by atoms with E-state index in [0.29, 0.717) is 37.4 Å². The van der Waals surface area contributed by atoms with Crippen LogP contribution in [0.15, 0.2) is 18.2 Å². The molecule has 2 heterocycles. The first kappa shape index (κ1) is 15.3. The molecule has 0 radical (unpaired) electrons. The minimum absolute atomic E-state index is 0.109. The lowest BCUT2D eigenvalue weighted by atomic mass is 9.94. The van der Waals surface area contributed by atoms with Crippen LogP contribution in [0.1, 0.15) is 16.7 Å². The number of hydrogen-bond acceptors (Lipinski definition) is 3. The molecular weight excluding hydrogens is 297 g/mol. The van der Waals surface area contributed by atoms with Gasteiger partial charge < -0.3 is 15.0 Å². The molecular formula is C15H17F3N2O2. The fourth-order valence-corrected chi connectivity index (χ4v) is 3.01. The largest absolute Gasteiger partial charge is 0.416 e. The number of carbonyl (C=O) groups excluding carboxylic acids is 1. The van der Waals surface area contributed by atoms with E-state index in [1.807, 2.05) is 0 Å². The highest BCUT2D eigenvalue weighted by Crippen LogP contribution is 2.35. The van der Waals surface area contributed by atoms with Gasteiger partial charge >= 0.3 is 6.18 Å². The van der Waals surface area contributed by atoms with Crippen LogP contribution in [0, 0.1) is 0 Å². The second-order valence-corrected chi connectivity index (χ2v) is 5.53. The van der Waals surface area contributed by atoms with Gasteiger partial charge in [-0.3, -0.25) is 4.79 Å². The third kappa shape index (κ3) is 2.96. The maximum absolute atomic E-state index is 13.0. The van der Waals surface area contributed by atoms with Gasteiger partial charge in [-0.15, -0.1) is 0 Å². The molecule has 120 valence electrons. The van der Waals surface area contributed by atoms with Crippen molar-refractivity contribution in [3.8, 4) is 0 Å². The summed E-state index contributed by atoms with van der Waals surface area (Å²) in [6.07, 6.45) is -4.12. The van der Waals surface area contributed by atoms with Crippen LogP contribution in [0.4, 0.5) is 13.2 Å². The molecule has 2 aliphatic heterocycles. The van der Waals surface area contributed by atoms with Crippen LogP contribution >= 0.6 is 0 Å². The molecule has 1 aromatic carbocycles. The Morgan fingerprint density at radius 1 is 1.36 bits per heavy atom. The number of halogens is 3. The van der Waals surface area contributed by atoms with E-state index in [4.69, 9.17) is 4.74 Å². The Balaban J connectivity index is 1.78. The van der Waals surface area contributed by atoms with E-state index in [9.17, 15) is 18.0 Å². The number of fused-ring (bicyclic) bond motifs is 1. The first-order chi connectivity index (χ1) is 10.5. The van der Waals surface area contributed by atoms with Crippen LogP contribution in [0.2, 0.25) is 0 Å². The number of morpholine rings is 1. The Labute approximate surface area is 126 Å². The normalized spacial score (nSPS) is 22.3. The summed E-state index contributed by atoms with van der Waals surface area (Å²) in [5.41, 5.74) is 0.300. The van der Waals surface area contributed by atoms with Crippen LogP contribution in [0.5, 0.6) is 0 Å². The lowest BCUT2D eigenvalue weighted by Crippen LogP contribution is -2.53. The molecule has 1 amide bonds. The molecule has 1 atom stereocenters. The minimum atomic E-state index is -4.35. The first-order valence-corrected chi connectivity index (χ1v) is 7.24. The number of alkyl halides is 3. The van der Waals surface area contributed by atoms with Crippen molar-refractivity contribution in [3.05, 3.63) is 34.9 Å². The highest BCUT2D eigenvalue weighted by Gasteiger charge is 2.36. The van der Waals surface area contributed by atoms with Crippen LogP contribution in [-0.2, 0) is 28.7 Å². The molecule has 0 saturated carbocycles. The highest BCUT2D eigenvalue weighted by molar-refractivity contribution is 5.82. The summed E-state index contributed by atoms with van der Waals surface area (Å²) in [6.45, 7) is 2.01. The highest BCUT2D eigenvalue weighted by atomic mass is 19.4. The van der Waals surface area contributed by atoms with E-state index >= 15 is 0 Å². The summed E-state index contributed by atoms with van der Waals surface area (Å²) in [4.78, 5) is 14.0. The Kier molecular flexibility index (Phi) is 4.10. The summed E-state index contributed by atoms with van der Waals surface area (Å²) < 4.78 is 44.3. The second-order valence-electron chi connectivity index (χ2n) is 5.53. The molecule has 22 heavy (non-hydrogen) atoms. The summed E-state index contributed by atoms with van der Waals surface area (Å²) in [7, 11) is 0. The van der Waals surface area contributed by atoms with Crippen molar-refractivity contribution in [2.45, 2.75) is 25.2 Å². The van der Waals surface area contributed by atoms with Gasteiger partial charge in [0.05, 0.1) is 18.8 Å². The number of ether oxygens (including phenoxy) is 1. The van der Waals surface area contributed by atoms with Gasteiger partial charge in [-0.2, -0.15) is 13.2 Å². The lowest BCUT2D eigenvalue weighted by molar-refractivity contribution is -0.139. The van der Waals surface area contributed by atoms with Gasteiger partial charge in [0.25, 0.3) is 0 Å². The zero-order valence-corrected chi connectivity index (χ0v) is 11.9.